The Labute approximate surface area is 272 Å². The SMILES string of the molecule is CN1CC[C@]23c4c5ccc(O)c4O[C@H]2[C@@H](O)C=C[C@H]3[C@H]1C5.CN1CC[C@]23c4c5ccc(O)c4O[C@H]2[C@@H](O)C=C[C@H]3[C@H]1C5.O=P(O)(O)O. The monoisotopic (exact) mass is 668 g/mol. The van der Waals surface area contributed by atoms with Gasteiger partial charge in [-0.1, -0.05) is 36.4 Å². The fourth-order valence-electron chi connectivity index (χ4n) is 10.5. The van der Waals surface area contributed by atoms with E-state index in [1.165, 1.54) is 22.3 Å². The quantitative estimate of drug-likeness (QED) is 0.159. The molecule has 2 saturated heterocycles. The van der Waals surface area contributed by atoms with Crippen LogP contribution < -0.4 is 9.47 Å². The number of aromatic hydroxyl groups is 2. The van der Waals surface area contributed by atoms with E-state index in [0.717, 1.165) is 38.8 Å². The first kappa shape index (κ1) is 31.3. The standard InChI is InChI=1S/2C17H19NO3.H3O4P/c2*1-18-7-6-17-10-3-5-13(20)16(17)21-15-12(19)4-2-9(14(15)17)8-11(10)18;1-5(2,3)4/h2*2-5,10-11,13,16,19-20H,6-8H2,1H3;(H3,1,2,3,4)/t2*10-,11+,13-,16-,17-;/m00./s1. The molecule has 0 saturated carbocycles. The molecule has 13 heteroatoms. The first-order valence-corrected chi connectivity index (χ1v) is 17.8. The van der Waals surface area contributed by atoms with E-state index in [1.54, 1.807) is 12.1 Å². The van der Waals surface area contributed by atoms with Gasteiger partial charge in [-0.05, 0) is 76.1 Å². The lowest BCUT2D eigenvalue weighted by molar-refractivity contribution is -0.0453. The molecule has 4 bridgehead atoms. The van der Waals surface area contributed by atoms with Gasteiger partial charge >= 0.3 is 7.82 Å². The van der Waals surface area contributed by atoms with Crippen LogP contribution in [0.5, 0.6) is 23.0 Å². The van der Waals surface area contributed by atoms with Crippen molar-refractivity contribution in [2.75, 3.05) is 27.2 Å². The Morgan fingerprint density at radius 1 is 0.702 bits per heavy atom. The van der Waals surface area contributed by atoms with Gasteiger partial charge in [-0.15, -0.1) is 0 Å². The molecular weight excluding hydrogens is 627 g/mol. The number of phosphoric acid groups is 1. The van der Waals surface area contributed by atoms with Gasteiger partial charge in [0.05, 0.1) is 0 Å². The molecule has 10 rings (SSSR count). The van der Waals surface area contributed by atoms with Gasteiger partial charge in [0, 0.05) is 45.9 Å². The molecule has 0 unspecified atom stereocenters. The molecule has 47 heavy (non-hydrogen) atoms. The van der Waals surface area contributed by atoms with Crippen molar-refractivity contribution in [2.45, 2.75) is 73.0 Å². The van der Waals surface area contributed by atoms with Crippen molar-refractivity contribution < 1.29 is 49.1 Å². The van der Waals surface area contributed by atoms with Gasteiger partial charge in [0.2, 0.25) is 0 Å². The Morgan fingerprint density at radius 2 is 1.09 bits per heavy atom. The highest BCUT2D eigenvalue weighted by Crippen LogP contribution is 2.63. The number of ether oxygens (including phenoxy) is 2. The summed E-state index contributed by atoms with van der Waals surface area (Å²) >= 11 is 0. The number of rotatable bonds is 0. The van der Waals surface area contributed by atoms with E-state index in [1.807, 2.05) is 24.3 Å². The van der Waals surface area contributed by atoms with Crippen LogP contribution in [0.1, 0.15) is 35.1 Å². The van der Waals surface area contributed by atoms with Crippen LogP contribution in [0.25, 0.3) is 0 Å². The van der Waals surface area contributed by atoms with E-state index < -0.39 is 20.0 Å². The molecule has 0 aromatic heterocycles. The molecule has 252 valence electrons. The van der Waals surface area contributed by atoms with Gasteiger partial charge in [0.1, 0.15) is 24.4 Å². The maximum atomic E-state index is 10.4. The van der Waals surface area contributed by atoms with E-state index in [2.05, 4.69) is 36.0 Å². The first-order valence-electron chi connectivity index (χ1n) is 16.2. The summed E-state index contributed by atoms with van der Waals surface area (Å²) < 4.78 is 21.1. The number of aliphatic hydroxyl groups excluding tert-OH is 2. The second-order valence-electron chi connectivity index (χ2n) is 14.4. The smallest absolute Gasteiger partial charge is 0.466 e. The number of likely N-dealkylation sites (N-methyl/N-ethyl adjacent to an activating group) is 2. The fourth-order valence-corrected chi connectivity index (χ4v) is 10.5. The van der Waals surface area contributed by atoms with Crippen molar-refractivity contribution >= 4 is 7.82 Å². The molecule has 2 fully saturated rings. The van der Waals surface area contributed by atoms with Crippen LogP contribution >= 0.6 is 7.82 Å². The van der Waals surface area contributed by atoms with E-state index in [9.17, 15) is 20.4 Å². The molecule has 7 N–H and O–H groups in total. The number of phenols is 2. The molecular formula is C34H41N2O10P. The highest BCUT2D eigenvalue weighted by atomic mass is 31.2. The number of nitrogens with zero attached hydrogens (tertiary/aromatic N) is 2. The van der Waals surface area contributed by atoms with E-state index in [0.29, 0.717) is 35.4 Å². The van der Waals surface area contributed by atoms with Crippen molar-refractivity contribution in [2.24, 2.45) is 11.8 Å². The minimum absolute atomic E-state index is 0.160. The van der Waals surface area contributed by atoms with E-state index in [4.69, 9.17) is 28.7 Å². The lowest BCUT2D eigenvalue weighted by Crippen LogP contribution is -2.64. The minimum Gasteiger partial charge on any atom is -0.504 e. The summed E-state index contributed by atoms with van der Waals surface area (Å²) in [6.07, 6.45) is 10.4. The Kier molecular flexibility index (Phi) is 7.02. The molecule has 2 aromatic rings. The van der Waals surface area contributed by atoms with Crippen LogP contribution in [0.4, 0.5) is 0 Å². The molecule has 10 atom stereocenters. The Morgan fingerprint density at radius 3 is 1.47 bits per heavy atom. The number of likely N-dealkylation sites (tertiary alicyclic amines) is 2. The zero-order valence-corrected chi connectivity index (χ0v) is 27.1. The van der Waals surface area contributed by atoms with Crippen LogP contribution in [-0.4, -0.2) is 109 Å². The summed E-state index contributed by atoms with van der Waals surface area (Å²) in [5.41, 5.74) is 4.58. The highest BCUT2D eigenvalue weighted by molar-refractivity contribution is 7.45. The largest absolute Gasteiger partial charge is 0.504 e. The highest BCUT2D eigenvalue weighted by Gasteiger charge is 2.65. The Hall–Kier alpha value is -2.93. The third-order valence-electron chi connectivity index (χ3n) is 12.3. The second kappa shape index (κ2) is 10.5. The van der Waals surface area contributed by atoms with Crippen molar-refractivity contribution in [3.05, 3.63) is 70.8 Å². The summed E-state index contributed by atoms with van der Waals surface area (Å²) in [6.45, 7) is 2.02. The van der Waals surface area contributed by atoms with Gasteiger partial charge < -0.3 is 54.4 Å². The van der Waals surface area contributed by atoms with Crippen molar-refractivity contribution in [1.82, 2.24) is 9.80 Å². The van der Waals surface area contributed by atoms with Gasteiger partial charge in [0.15, 0.2) is 23.0 Å². The maximum Gasteiger partial charge on any atom is 0.466 e. The topological polar surface area (TPSA) is 184 Å². The normalized spacial score (nSPS) is 39.3. The molecule has 2 spiro atoms. The van der Waals surface area contributed by atoms with Crippen LogP contribution in [0, 0.1) is 11.8 Å². The summed E-state index contributed by atoms with van der Waals surface area (Å²) in [4.78, 5) is 26.4. The molecule has 2 aromatic carbocycles. The van der Waals surface area contributed by atoms with Crippen LogP contribution in [0.3, 0.4) is 0 Å². The summed E-state index contributed by atoms with van der Waals surface area (Å²) in [5, 5.41) is 41.3. The van der Waals surface area contributed by atoms with Crippen LogP contribution in [0.2, 0.25) is 0 Å². The molecule has 8 aliphatic rings. The summed E-state index contributed by atoms with van der Waals surface area (Å²) in [7, 11) is -0.263. The number of phenolic OH excluding ortho intramolecular Hbond substituents is 2. The predicted molar refractivity (Wildman–Crippen MR) is 169 cm³/mol. The zero-order chi connectivity index (χ0) is 33.2. The van der Waals surface area contributed by atoms with Gasteiger partial charge in [0.25, 0.3) is 0 Å². The van der Waals surface area contributed by atoms with Crippen molar-refractivity contribution in [3.8, 4) is 23.0 Å². The second-order valence-corrected chi connectivity index (χ2v) is 15.4. The molecule has 4 aliphatic heterocycles. The third kappa shape index (κ3) is 4.36. The molecule has 0 radical (unpaired) electrons. The van der Waals surface area contributed by atoms with Crippen molar-refractivity contribution in [1.29, 1.82) is 0 Å². The molecule has 0 amide bonds. The van der Waals surface area contributed by atoms with Gasteiger partial charge in [-0.25, -0.2) is 4.57 Å². The molecule has 4 aliphatic carbocycles. The maximum absolute atomic E-state index is 10.4. The predicted octanol–water partition coefficient (Wildman–Crippen LogP) is 1.47. The molecule has 4 heterocycles. The summed E-state index contributed by atoms with van der Waals surface area (Å²) in [5.74, 6) is 2.38. The average Bonchev–Trinajstić information content (AvgIpc) is 3.56. The number of benzene rings is 2. The number of piperidine rings is 2. The third-order valence-corrected chi connectivity index (χ3v) is 12.3. The molecule has 12 nitrogen and oxygen atoms in total. The Balaban J connectivity index is 0.000000121. The van der Waals surface area contributed by atoms with Crippen LogP contribution in [0.15, 0.2) is 48.6 Å². The number of aliphatic hydroxyl groups is 2. The lowest BCUT2D eigenvalue weighted by atomic mass is 9.53. The van der Waals surface area contributed by atoms with Gasteiger partial charge in [-0.3, -0.25) is 0 Å². The fraction of sp³-hybridized carbons (Fsp3) is 0.529. The first-order chi connectivity index (χ1) is 22.3. The summed E-state index contributed by atoms with van der Waals surface area (Å²) in [6, 6.07) is 8.45. The number of hydrogen-bond acceptors (Lipinski definition) is 9. The van der Waals surface area contributed by atoms with Crippen molar-refractivity contribution in [3.63, 3.8) is 0 Å². The van der Waals surface area contributed by atoms with Crippen LogP contribution in [-0.2, 0) is 28.2 Å². The average molecular weight is 669 g/mol. The lowest BCUT2D eigenvalue weighted by Gasteiger charge is -2.56. The minimum atomic E-state index is -4.64. The van der Waals surface area contributed by atoms with E-state index >= 15 is 0 Å². The number of hydrogen-bond donors (Lipinski definition) is 7. The zero-order valence-electron chi connectivity index (χ0n) is 26.2. The van der Waals surface area contributed by atoms with Gasteiger partial charge in [-0.2, -0.15) is 0 Å². The Bertz CT molecular complexity index is 1620. The van der Waals surface area contributed by atoms with E-state index in [-0.39, 0.29) is 34.5 Å².